The maximum absolute atomic E-state index is 5.27. The fourth-order valence-electron chi connectivity index (χ4n) is 2.07. The number of nitrogens with one attached hydrogen (secondary N) is 1. The first-order valence-corrected chi connectivity index (χ1v) is 7.20. The Balaban J connectivity index is 1.86. The molecule has 0 amide bonds. The third-order valence-corrected chi connectivity index (χ3v) is 3.19. The molecule has 0 bridgehead atoms. The van der Waals surface area contributed by atoms with Crippen LogP contribution in [0.15, 0.2) is 29.4 Å². The number of hydrazone groups is 1. The molecular formula is C15H23N3O2. The molecule has 110 valence electrons. The van der Waals surface area contributed by atoms with Crippen molar-refractivity contribution in [3.05, 3.63) is 24.3 Å². The van der Waals surface area contributed by atoms with Gasteiger partial charge in [0.2, 0.25) is 0 Å². The van der Waals surface area contributed by atoms with Crippen molar-refractivity contribution in [1.29, 1.82) is 0 Å². The third-order valence-electron chi connectivity index (χ3n) is 3.19. The summed E-state index contributed by atoms with van der Waals surface area (Å²) >= 11 is 0. The van der Waals surface area contributed by atoms with Gasteiger partial charge in [0.25, 0.3) is 0 Å². The van der Waals surface area contributed by atoms with E-state index >= 15 is 0 Å². The van der Waals surface area contributed by atoms with Crippen molar-refractivity contribution in [2.45, 2.75) is 32.6 Å². The first-order chi connectivity index (χ1) is 9.83. The number of hydrogen-bond donors (Lipinski definition) is 1. The summed E-state index contributed by atoms with van der Waals surface area (Å²) in [4.78, 5) is 0. The van der Waals surface area contributed by atoms with Gasteiger partial charge in [-0.25, -0.2) is 5.01 Å². The van der Waals surface area contributed by atoms with E-state index in [2.05, 4.69) is 29.5 Å². The van der Waals surface area contributed by atoms with Crippen molar-refractivity contribution in [3.63, 3.8) is 0 Å². The number of benzene rings is 1. The molecule has 20 heavy (non-hydrogen) atoms. The van der Waals surface area contributed by atoms with E-state index in [0.29, 0.717) is 12.8 Å². The molecule has 5 nitrogen and oxygen atoms in total. The van der Waals surface area contributed by atoms with Crippen molar-refractivity contribution >= 4 is 17.5 Å². The van der Waals surface area contributed by atoms with Crippen LogP contribution in [-0.4, -0.2) is 26.5 Å². The zero-order valence-electron chi connectivity index (χ0n) is 12.3. The molecule has 1 aliphatic rings. The molecule has 2 rings (SSSR count). The molecule has 0 atom stereocenters. The first kappa shape index (κ1) is 14.5. The van der Waals surface area contributed by atoms with Crippen LogP contribution < -0.4 is 10.3 Å². The highest BCUT2D eigenvalue weighted by Gasteiger charge is 2.17. The lowest BCUT2D eigenvalue weighted by Gasteiger charge is -2.13. The monoisotopic (exact) mass is 277 g/mol. The van der Waals surface area contributed by atoms with Gasteiger partial charge in [-0.1, -0.05) is 37.4 Å². The molecule has 0 radical (unpaired) electrons. The molecule has 0 saturated carbocycles. The Morgan fingerprint density at radius 2 is 2.25 bits per heavy atom. The Morgan fingerprint density at radius 1 is 1.35 bits per heavy atom. The Labute approximate surface area is 120 Å². The molecule has 0 spiro atoms. The van der Waals surface area contributed by atoms with Crippen LogP contribution in [0, 0.1) is 0 Å². The van der Waals surface area contributed by atoms with Crippen molar-refractivity contribution in [2.24, 2.45) is 5.10 Å². The Bertz CT molecular complexity index is 448. The van der Waals surface area contributed by atoms with Crippen molar-refractivity contribution in [3.8, 4) is 0 Å². The average Bonchev–Trinajstić information content (AvgIpc) is 2.96. The molecule has 1 aliphatic heterocycles. The minimum Gasteiger partial charge on any atom is -0.453 e. The number of ether oxygens (including phenoxy) is 2. The highest BCUT2D eigenvalue weighted by Crippen LogP contribution is 2.22. The van der Waals surface area contributed by atoms with Gasteiger partial charge in [0.1, 0.15) is 0 Å². The van der Waals surface area contributed by atoms with Gasteiger partial charge in [-0.3, -0.25) is 0 Å². The second kappa shape index (κ2) is 7.62. The van der Waals surface area contributed by atoms with Crippen molar-refractivity contribution in [2.75, 3.05) is 30.7 Å². The second-order valence-electron chi connectivity index (χ2n) is 4.78. The molecule has 1 aromatic rings. The number of rotatable bonds is 7. The number of anilines is 2. The summed E-state index contributed by atoms with van der Waals surface area (Å²) in [7, 11) is 1.55. The average molecular weight is 277 g/mol. The number of methoxy groups -OCH3 is 1. The Morgan fingerprint density at radius 3 is 3.00 bits per heavy atom. The standard InChI is InChI=1S/C15H23N3O2/c1-3-4-5-6-10-16-13-8-7-9-14(11-13)18-12-20-15(17-18)19-2/h7-9,11,16H,3-6,10,12H2,1-2H3. The molecule has 0 fully saturated rings. The van der Waals surface area contributed by atoms with E-state index < -0.39 is 0 Å². The van der Waals surface area contributed by atoms with E-state index in [1.165, 1.54) is 25.7 Å². The zero-order valence-corrected chi connectivity index (χ0v) is 12.3. The van der Waals surface area contributed by atoms with Crippen LogP contribution in [0.4, 0.5) is 11.4 Å². The molecule has 0 aliphatic carbocycles. The molecule has 0 unspecified atom stereocenters. The number of hydrogen-bond acceptors (Lipinski definition) is 5. The lowest BCUT2D eigenvalue weighted by Crippen LogP contribution is -2.13. The van der Waals surface area contributed by atoms with E-state index in [1.807, 2.05) is 12.1 Å². The highest BCUT2D eigenvalue weighted by atomic mass is 16.7. The molecular weight excluding hydrogens is 254 g/mol. The van der Waals surface area contributed by atoms with E-state index in [-0.39, 0.29) is 0 Å². The summed E-state index contributed by atoms with van der Waals surface area (Å²) in [5, 5.41) is 9.44. The van der Waals surface area contributed by atoms with Crippen LogP contribution in [0.2, 0.25) is 0 Å². The molecule has 0 saturated heterocycles. The zero-order chi connectivity index (χ0) is 14.2. The minimum atomic E-state index is 0.308. The summed E-state index contributed by atoms with van der Waals surface area (Å²) in [6.07, 6.45) is 5.37. The molecule has 1 N–H and O–H groups in total. The maximum Gasteiger partial charge on any atom is 0.407 e. The normalized spacial score (nSPS) is 13.9. The number of nitrogens with zero attached hydrogens (tertiary/aromatic N) is 2. The number of unbranched alkanes of at least 4 members (excludes halogenated alkanes) is 3. The molecule has 5 heteroatoms. The molecule has 1 heterocycles. The largest absolute Gasteiger partial charge is 0.453 e. The van der Waals surface area contributed by atoms with Crippen molar-refractivity contribution in [1.82, 2.24) is 0 Å². The molecule has 0 aromatic heterocycles. The highest BCUT2D eigenvalue weighted by molar-refractivity contribution is 5.71. The van der Waals surface area contributed by atoms with Gasteiger partial charge in [-0.05, 0) is 24.6 Å². The van der Waals surface area contributed by atoms with E-state index in [4.69, 9.17) is 9.47 Å². The third kappa shape index (κ3) is 4.05. The Hall–Kier alpha value is -1.91. The van der Waals surface area contributed by atoms with Gasteiger partial charge in [-0.2, -0.15) is 0 Å². The van der Waals surface area contributed by atoms with Crippen molar-refractivity contribution < 1.29 is 9.47 Å². The van der Waals surface area contributed by atoms with Crippen LogP contribution in [0.3, 0.4) is 0 Å². The topological polar surface area (TPSA) is 46.1 Å². The lowest BCUT2D eigenvalue weighted by molar-refractivity contribution is 0.225. The fourth-order valence-corrected chi connectivity index (χ4v) is 2.07. The fraction of sp³-hybridized carbons (Fsp3) is 0.533. The summed E-state index contributed by atoms with van der Waals surface area (Å²) in [6, 6.07) is 8.17. The molecule has 1 aromatic carbocycles. The summed E-state index contributed by atoms with van der Waals surface area (Å²) in [6.45, 7) is 3.62. The first-order valence-electron chi connectivity index (χ1n) is 7.20. The van der Waals surface area contributed by atoms with Crippen LogP contribution >= 0.6 is 0 Å². The minimum absolute atomic E-state index is 0.308. The smallest absolute Gasteiger partial charge is 0.407 e. The Kier molecular flexibility index (Phi) is 5.53. The van der Waals surface area contributed by atoms with Gasteiger partial charge >= 0.3 is 6.08 Å². The van der Waals surface area contributed by atoms with Gasteiger partial charge in [0, 0.05) is 12.2 Å². The van der Waals surface area contributed by atoms with Gasteiger partial charge in [0.15, 0.2) is 6.73 Å². The SMILES string of the molecule is CCCCCCNc1cccc(N2COC(OC)=N2)c1. The van der Waals surface area contributed by atoms with E-state index in [0.717, 1.165) is 17.9 Å². The van der Waals surface area contributed by atoms with Gasteiger partial charge in [-0.15, -0.1) is 0 Å². The summed E-state index contributed by atoms with van der Waals surface area (Å²) < 4.78 is 10.2. The second-order valence-corrected chi connectivity index (χ2v) is 4.78. The van der Waals surface area contributed by atoms with E-state index in [9.17, 15) is 0 Å². The lowest BCUT2D eigenvalue weighted by atomic mass is 10.2. The van der Waals surface area contributed by atoms with Gasteiger partial charge in [0.05, 0.1) is 12.8 Å². The summed E-state index contributed by atoms with van der Waals surface area (Å²) in [5.41, 5.74) is 2.11. The van der Waals surface area contributed by atoms with Crippen LogP contribution in [0.25, 0.3) is 0 Å². The van der Waals surface area contributed by atoms with Crippen LogP contribution in [0.1, 0.15) is 32.6 Å². The van der Waals surface area contributed by atoms with Crippen LogP contribution in [-0.2, 0) is 9.47 Å². The summed E-state index contributed by atoms with van der Waals surface area (Å²) in [5.74, 6) is 0. The van der Waals surface area contributed by atoms with E-state index in [1.54, 1.807) is 12.1 Å². The predicted octanol–water partition coefficient (Wildman–Crippen LogP) is 3.39. The van der Waals surface area contributed by atoms with Crippen LogP contribution in [0.5, 0.6) is 0 Å². The van der Waals surface area contributed by atoms with Gasteiger partial charge < -0.3 is 14.8 Å². The quantitative estimate of drug-likeness (QED) is 0.776. The predicted molar refractivity (Wildman–Crippen MR) is 81.9 cm³/mol. The maximum atomic E-state index is 5.27.